The fourth-order valence-electron chi connectivity index (χ4n) is 5.62. The molecule has 0 aliphatic carbocycles. The minimum Gasteiger partial charge on any atom is -0.366 e. The molecule has 2 saturated heterocycles. The zero-order valence-corrected chi connectivity index (χ0v) is 18.7. The minimum absolute atomic E-state index is 0.0485. The zero-order valence-electron chi connectivity index (χ0n) is 18.7. The molecule has 8 heteroatoms. The average Bonchev–Trinajstić information content (AvgIpc) is 2.80. The molecule has 174 valence electrons. The number of hydrogen-bond acceptors (Lipinski definition) is 5. The lowest BCUT2D eigenvalue weighted by Crippen LogP contribution is -2.50. The number of carbonyl (C=O) groups is 2. The van der Waals surface area contributed by atoms with Crippen LogP contribution in [0.15, 0.2) is 47.3 Å². The lowest BCUT2D eigenvalue weighted by Gasteiger charge is -2.42. The van der Waals surface area contributed by atoms with Crippen LogP contribution in [0.2, 0.25) is 0 Å². The van der Waals surface area contributed by atoms with Crippen LogP contribution in [0.25, 0.3) is 0 Å². The Labute approximate surface area is 192 Å². The molecule has 33 heavy (non-hydrogen) atoms. The maximum Gasteiger partial charge on any atom is 0.250 e. The second-order valence-electron chi connectivity index (χ2n) is 9.43. The lowest BCUT2D eigenvalue weighted by atomic mass is 9.83. The Morgan fingerprint density at radius 1 is 0.939 bits per heavy atom. The van der Waals surface area contributed by atoms with E-state index in [9.17, 15) is 18.8 Å². The number of Topliss-reactive ketones (excluding diaryl/α,β-unsaturated/α-hetero) is 1. The Morgan fingerprint density at radius 3 is 2.52 bits per heavy atom. The van der Waals surface area contributed by atoms with Gasteiger partial charge in [-0.15, -0.1) is 0 Å². The molecule has 3 aliphatic heterocycles. The van der Waals surface area contributed by atoms with Crippen molar-refractivity contribution in [1.29, 1.82) is 0 Å². The molecule has 0 radical (unpaired) electrons. The number of hydrogen-bond donors (Lipinski definition) is 0. The van der Waals surface area contributed by atoms with E-state index in [0.717, 1.165) is 25.2 Å². The van der Waals surface area contributed by atoms with E-state index in [4.69, 9.17) is 0 Å². The van der Waals surface area contributed by atoms with Gasteiger partial charge in [-0.3, -0.25) is 19.3 Å². The Kier molecular flexibility index (Phi) is 6.01. The van der Waals surface area contributed by atoms with Crippen LogP contribution in [0.4, 0.5) is 10.1 Å². The van der Waals surface area contributed by atoms with Crippen LogP contribution in [0.5, 0.6) is 0 Å². The standard InChI is InChI=1S/C25H29FN4O3/c26-21-4-1-2-5-23(21)28-8-10-29(11-9-28)25(33)13-20(31)17-27-14-18-12-19(16-27)22-6-3-7-24(32)30(22)15-18/h1-7,18-19H,8-17H2. The van der Waals surface area contributed by atoms with Gasteiger partial charge in [0.15, 0.2) is 5.78 Å². The zero-order chi connectivity index (χ0) is 22.9. The van der Waals surface area contributed by atoms with Crippen molar-refractivity contribution in [3.63, 3.8) is 0 Å². The van der Waals surface area contributed by atoms with Gasteiger partial charge in [-0.25, -0.2) is 4.39 Å². The van der Waals surface area contributed by atoms with Gasteiger partial charge < -0.3 is 14.4 Å². The number of nitrogens with zero attached hydrogens (tertiary/aromatic N) is 4. The molecule has 2 fully saturated rings. The van der Waals surface area contributed by atoms with Crippen LogP contribution in [0, 0.1) is 11.7 Å². The Bertz CT molecular complexity index is 1110. The van der Waals surface area contributed by atoms with E-state index in [1.165, 1.54) is 6.07 Å². The van der Waals surface area contributed by atoms with Crippen LogP contribution in [0.3, 0.4) is 0 Å². The Hall–Kier alpha value is -3.00. The summed E-state index contributed by atoms with van der Waals surface area (Å²) in [6, 6.07) is 12.1. The third kappa shape index (κ3) is 4.57. The third-order valence-corrected chi connectivity index (χ3v) is 7.13. The van der Waals surface area contributed by atoms with Crippen molar-refractivity contribution < 1.29 is 14.0 Å². The van der Waals surface area contributed by atoms with E-state index in [-0.39, 0.29) is 42.0 Å². The highest BCUT2D eigenvalue weighted by Crippen LogP contribution is 2.34. The predicted molar refractivity (Wildman–Crippen MR) is 123 cm³/mol. The van der Waals surface area contributed by atoms with Gasteiger partial charge in [-0.2, -0.15) is 0 Å². The second-order valence-corrected chi connectivity index (χ2v) is 9.43. The van der Waals surface area contributed by atoms with Crippen LogP contribution >= 0.6 is 0 Å². The van der Waals surface area contributed by atoms with Gasteiger partial charge in [0.05, 0.1) is 18.7 Å². The first-order valence-corrected chi connectivity index (χ1v) is 11.7. The van der Waals surface area contributed by atoms with Gasteiger partial charge in [0.1, 0.15) is 5.82 Å². The summed E-state index contributed by atoms with van der Waals surface area (Å²) in [5, 5.41) is 0. The van der Waals surface area contributed by atoms with Crippen molar-refractivity contribution in [3.8, 4) is 0 Å². The van der Waals surface area contributed by atoms with Gasteiger partial charge >= 0.3 is 0 Å². The van der Waals surface area contributed by atoms with Gasteiger partial charge in [-0.05, 0) is 30.5 Å². The van der Waals surface area contributed by atoms with Gasteiger partial charge in [0.2, 0.25) is 5.91 Å². The average molecular weight is 453 g/mol. The molecule has 2 bridgehead atoms. The molecule has 4 heterocycles. The first kappa shape index (κ1) is 21.8. The number of aromatic nitrogens is 1. The maximum absolute atomic E-state index is 14.0. The number of para-hydroxylation sites is 1. The molecular formula is C25H29FN4O3. The van der Waals surface area contributed by atoms with Gasteiger partial charge in [0, 0.05) is 63.5 Å². The predicted octanol–water partition coefficient (Wildman–Crippen LogP) is 1.71. The van der Waals surface area contributed by atoms with E-state index < -0.39 is 0 Å². The molecular weight excluding hydrogens is 423 g/mol. The summed E-state index contributed by atoms with van der Waals surface area (Å²) in [4.78, 5) is 43.4. The summed E-state index contributed by atoms with van der Waals surface area (Å²) >= 11 is 0. The number of piperidine rings is 1. The molecule has 2 atom stereocenters. The smallest absolute Gasteiger partial charge is 0.250 e. The highest BCUT2D eigenvalue weighted by atomic mass is 19.1. The molecule has 1 amide bonds. The van der Waals surface area contributed by atoms with E-state index in [0.29, 0.717) is 44.3 Å². The fraction of sp³-hybridized carbons (Fsp3) is 0.480. The SMILES string of the molecule is O=C(CC(=O)N1CCN(c2ccccc2F)CC1)CN1CC2CC(C1)c1cccc(=O)n1C2. The summed E-state index contributed by atoms with van der Waals surface area (Å²) in [6.45, 7) is 4.55. The van der Waals surface area contributed by atoms with Crippen molar-refractivity contribution in [3.05, 3.63) is 64.3 Å². The lowest BCUT2D eigenvalue weighted by molar-refractivity contribution is -0.136. The summed E-state index contributed by atoms with van der Waals surface area (Å²) in [7, 11) is 0. The van der Waals surface area contributed by atoms with Crippen LogP contribution < -0.4 is 10.5 Å². The summed E-state index contributed by atoms with van der Waals surface area (Å²) in [5.74, 6) is 0.128. The number of pyridine rings is 1. The van der Waals surface area contributed by atoms with Crippen LogP contribution in [-0.2, 0) is 16.1 Å². The molecule has 3 aliphatic rings. The van der Waals surface area contributed by atoms with Gasteiger partial charge in [-0.1, -0.05) is 18.2 Å². The third-order valence-electron chi connectivity index (χ3n) is 7.13. The number of ketones is 1. The number of rotatable bonds is 5. The number of benzene rings is 1. The fourth-order valence-corrected chi connectivity index (χ4v) is 5.62. The highest BCUT2D eigenvalue weighted by molar-refractivity contribution is 5.99. The van der Waals surface area contributed by atoms with E-state index in [2.05, 4.69) is 4.90 Å². The Balaban J connectivity index is 1.13. The molecule has 0 saturated carbocycles. The monoisotopic (exact) mass is 452 g/mol. The molecule has 5 rings (SSSR count). The number of likely N-dealkylation sites (tertiary alicyclic amines) is 1. The van der Waals surface area contributed by atoms with E-state index >= 15 is 0 Å². The number of halogens is 1. The minimum atomic E-state index is -0.258. The van der Waals surface area contributed by atoms with Gasteiger partial charge in [0.25, 0.3) is 5.56 Å². The second kappa shape index (κ2) is 9.09. The van der Waals surface area contributed by atoms with Crippen molar-refractivity contribution in [2.75, 3.05) is 50.7 Å². The van der Waals surface area contributed by atoms with E-state index in [1.54, 1.807) is 29.2 Å². The van der Waals surface area contributed by atoms with Crippen molar-refractivity contribution >= 4 is 17.4 Å². The highest BCUT2D eigenvalue weighted by Gasteiger charge is 2.35. The first-order valence-electron chi connectivity index (χ1n) is 11.7. The molecule has 1 aromatic heterocycles. The number of piperazine rings is 1. The quantitative estimate of drug-likeness (QED) is 0.647. The van der Waals surface area contributed by atoms with Crippen LogP contribution in [-0.4, -0.2) is 71.9 Å². The molecule has 2 aromatic rings. The molecule has 1 aromatic carbocycles. The summed E-state index contributed by atoms with van der Waals surface area (Å²) in [5.41, 5.74) is 1.66. The normalized spacial score (nSPS) is 22.7. The molecule has 7 nitrogen and oxygen atoms in total. The van der Waals surface area contributed by atoms with Crippen molar-refractivity contribution in [2.24, 2.45) is 5.92 Å². The number of carbonyl (C=O) groups excluding carboxylic acids is 2. The Morgan fingerprint density at radius 2 is 1.73 bits per heavy atom. The summed E-state index contributed by atoms with van der Waals surface area (Å²) < 4.78 is 15.9. The molecule has 0 N–H and O–H groups in total. The topological polar surface area (TPSA) is 65.9 Å². The number of anilines is 1. The van der Waals surface area contributed by atoms with Crippen molar-refractivity contribution in [2.45, 2.75) is 25.3 Å². The largest absolute Gasteiger partial charge is 0.366 e. The molecule has 2 unspecified atom stereocenters. The summed E-state index contributed by atoms with van der Waals surface area (Å²) in [6.07, 6.45) is 0.945. The van der Waals surface area contributed by atoms with E-state index in [1.807, 2.05) is 21.6 Å². The maximum atomic E-state index is 14.0. The van der Waals surface area contributed by atoms with Crippen molar-refractivity contribution in [1.82, 2.24) is 14.4 Å². The van der Waals surface area contributed by atoms with Crippen LogP contribution in [0.1, 0.15) is 24.5 Å². The molecule has 0 spiro atoms. The number of fused-ring (bicyclic) bond motifs is 4. The number of amides is 1. The first-order chi connectivity index (χ1) is 16.0.